The van der Waals surface area contributed by atoms with Crippen LogP contribution in [0.5, 0.6) is 0 Å². The smallest absolute Gasteiger partial charge is 0.274 e. The Morgan fingerprint density at radius 2 is 1.82 bits per heavy atom. The van der Waals surface area contributed by atoms with Crippen molar-refractivity contribution in [3.63, 3.8) is 0 Å². The van der Waals surface area contributed by atoms with Crippen LogP contribution in [0.15, 0.2) is 0 Å². The predicted molar refractivity (Wildman–Crippen MR) is 47.2 cm³/mol. The summed E-state index contributed by atoms with van der Waals surface area (Å²) >= 11 is 0. The van der Waals surface area contributed by atoms with Crippen molar-refractivity contribution >= 4 is 10.5 Å². The Kier molecular flexibility index (Phi) is 4.91. The van der Waals surface area contributed by atoms with Crippen molar-refractivity contribution in [3.05, 3.63) is 0 Å². The van der Waals surface area contributed by atoms with E-state index in [0.29, 0.717) is 10.5 Å². The van der Waals surface area contributed by atoms with Gasteiger partial charge in [0.1, 0.15) is 0 Å². The lowest BCUT2D eigenvalue weighted by Crippen LogP contribution is -2.42. The summed E-state index contributed by atoms with van der Waals surface area (Å²) in [6.07, 6.45) is 0.976. The standard InChI is InChI=1S/C7H18O3Si/c1-5-6(2)7(8-3,9-4)10-11/h6H,5H2,1-4,11H3. The molecule has 1 atom stereocenters. The molecule has 11 heavy (non-hydrogen) atoms. The minimum atomic E-state index is -0.805. The Morgan fingerprint density at radius 3 is 1.91 bits per heavy atom. The monoisotopic (exact) mass is 178 g/mol. The first-order chi connectivity index (χ1) is 5.16. The maximum atomic E-state index is 5.28. The van der Waals surface area contributed by atoms with E-state index in [9.17, 15) is 0 Å². The van der Waals surface area contributed by atoms with Gasteiger partial charge in [-0.2, -0.15) is 0 Å². The maximum Gasteiger partial charge on any atom is 0.274 e. The van der Waals surface area contributed by atoms with Gasteiger partial charge in [-0.25, -0.2) is 0 Å². The Morgan fingerprint density at radius 1 is 1.36 bits per heavy atom. The van der Waals surface area contributed by atoms with E-state index in [1.807, 2.05) is 6.92 Å². The van der Waals surface area contributed by atoms with Crippen molar-refractivity contribution in [3.8, 4) is 0 Å². The zero-order valence-electron chi connectivity index (χ0n) is 8.01. The normalized spacial score (nSPS) is 15.3. The Hall–Kier alpha value is 0.0969. The van der Waals surface area contributed by atoms with Gasteiger partial charge in [-0.15, -0.1) is 0 Å². The van der Waals surface area contributed by atoms with Gasteiger partial charge < -0.3 is 13.9 Å². The average molecular weight is 178 g/mol. The molecule has 0 spiro atoms. The summed E-state index contributed by atoms with van der Waals surface area (Å²) in [5.74, 6) is -0.545. The van der Waals surface area contributed by atoms with Crippen LogP contribution in [0.3, 0.4) is 0 Å². The molecule has 0 fully saturated rings. The summed E-state index contributed by atoms with van der Waals surface area (Å²) in [6, 6.07) is 0. The van der Waals surface area contributed by atoms with Crippen LogP contribution in [-0.4, -0.2) is 30.7 Å². The van der Waals surface area contributed by atoms with Gasteiger partial charge in [0.05, 0.1) is 0 Å². The summed E-state index contributed by atoms with van der Waals surface area (Å²) in [6.45, 7) is 4.13. The summed E-state index contributed by atoms with van der Waals surface area (Å²) in [5.41, 5.74) is 0. The molecule has 0 amide bonds. The SMILES string of the molecule is CCC(C)C(OC)(OC)O[SiH3]. The second-order valence-corrected chi connectivity index (χ2v) is 2.93. The van der Waals surface area contributed by atoms with E-state index in [4.69, 9.17) is 13.9 Å². The highest BCUT2D eigenvalue weighted by atomic mass is 28.2. The third-order valence-electron chi connectivity index (χ3n) is 2.07. The summed E-state index contributed by atoms with van der Waals surface area (Å²) in [5, 5.41) is 0. The predicted octanol–water partition coefficient (Wildman–Crippen LogP) is 0.276. The fourth-order valence-corrected chi connectivity index (χ4v) is 1.84. The molecule has 1 unspecified atom stereocenters. The van der Waals surface area contributed by atoms with Crippen molar-refractivity contribution in [1.29, 1.82) is 0 Å². The van der Waals surface area contributed by atoms with Crippen molar-refractivity contribution in [2.24, 2.45) is 5.92 Å². The number of ether oxygens (including phenoxy) is 2. The molecule has 0 rings (SSSR count). The molecule has 0 N–H and O–H groups in total. The largest absolute Gasteiger partial charge is 0.380 e. The van der Waals surface area contributed by atoms with Crippen LogP contribution in [0.4, 0.5) is 0 Å². The molecule has 0 aromatic rings. The van der Waals surface area contributed by atoms with Gasteiger partial charge in [0.15, 0.2) is 10.5 Å². The van der Waals surface area contributed by atoms with Gasteiger partial charge in [0, 0.05) is 20.1 Å². The molecule has 0 aromatic carbocycles. The lowest BCUT2D eigenvalue weighted by Gasteiger charge is -2.34. The first-order valence-corrected chi connectivity index (χ1v) is 4.63. The lowest BCUT2D eigenvalue weighted by molar-refractivity contribution is -0.347. The second kappa shape index (κ2) is 4.87. The molecule has 0 heterocycles. The van der Waals surface area contributed by atoms with Crippen molar-refractivity contribution in [2.75, 3.05) is 14.2 Å². The number of methoxy groups -OCH3 is 2. The van der Waals surface area contributed by atoms with Crippen molar-refractivity contribution in [2.45, 2.75) is 26.2 Å². The molecule has 0 aliphatic carbocycles. The molecule has 3 nitrogen and oxygen atoms in total. The van der Waals surface area contributed by atoms with Crippen molar-refractivity contribution < 1.29 is 13.9 Å². The Labute approximate surface area is 71.6 Å². The number of hydrogen-bond donors (Lipinski definition) is 0. The first-order valence-electron chi connectivity index (χ1n) is 3.82. The third kappa shape index (κ3) is 2.26. The molecule has 0 saturated carbocycles. The van der Waals surface area contributed by atoms with E-state index in [0.717, 1.165) is 6.42 Å². The van der Waals surface area contributed by atoms with Gasteiger partial charge in [-0.05, 0) is 6.42 Å². The molecule has 0 aromatic heterocycles. The number of rotatable bonds is 5. The highest BCUT2D eigenvalue weighted by Crippen LogP contribution is 2.25. The van der Waals surface area contributed by atoms with Crippen LogP contribution in [0.2, 0.25) is 0 Å². The average Bonchev–Trinajstić information content (AvgIpc) is 2.08. The van der Waals surface area contributed by atoms with E-state index in [2.05, 4.69) is 6.92 Å². The van der Waals surface area contributed by atoms with E-state index in [1.54, 1.807) is 14.2 Å². The molecule has 68 valence electrons. The van der Waals surface area contributed by atoms with Crippen LogP contribution in [0.25, 0.3) is 0 Å². The van der Waals surface area contributed by atoms with Crippen LogP contribution < -0.4 is 0 Å². The molecular weight excluding hydrogens is 160 g/mol. The van der Waals surface area contributed by atoms with Crippen LogP contribution in [-0.2, 0) is 13.9 Å². The zero-order chi connectivity index (χ0) is 8.91. The van der Waals surface area contributed by atoms with Gasteiger partial charge in [0.25, 0.3) is 5.97 Å². The van der Waals surface area contributed by atoms with Gasteiger partial charge in [0.2, 0.25) is 0 Å². The van der Waals surface area contributed by atoms with Crippen molar-refractivity contribution in [1.82, 2.24) is 0 Å². The highest BCUT2D eigenvalue weighted by molar-refractivity contribution is 5.98. The van der Waals surface area contributed by atoms with E-state index >= 15 is 0 Å². The van der Waals surface area contributed by atoms with E-state index < -0.39 is 5.97 Å². The quantitative estimate of drug-likeness (QED) is 0.447. The fraction of sp³-hybridized carbons (Fsp3) is 1.00. The van der Waals surface area contributed by atoms with Crippen LogP contribution in [0, 0.1) is 5.92 Å². The lowest BCUT2D eigenvalue weighted by atomic mass is 10.1. The molecular formula is C7H18O3Si. The Bertz CT molecular complexity index is 95.6. The molecule has 0 radical (unpaired) electrons. The highest BCUT2D eigenvalue weighted by Gasteiger charge is 2.34. The van der Waals surface area contributed by atoms with Crippen LogP contribution in [0.1, 0.15) is 20.3 Å². The molecule has 0 bridgehead atoms. The van der Waals surface area contributed by atoms with Crippen LogP contribution >= 0.6 is 0 Å². The van der Waals surface area contributed by atoms with Gasteiger partial charge in [-0.3, -0.25) is 0 Å². The molecule has 0 aliphatic rings. The van der Waals surface area contributed by atoms with E-state index in [1.165, 1.54) is 0 Å². The maximum absolute atomic E-state index is 5.28. The summed E-state index contributed by atoms with van der Waals surface area (Å²) in [4.78, 5) is 0. The minimum Gasteiger partial charge on any atom is -0.380 e. The molecule has 0 saturated heterocycles. The summed E-state index contributed by atoms with van der Waals surface area (Å²) in [7, 11) is 3.83. The van der Waals surface area contributed by atoms with Gasteiger partial charge in [-0.1, -0.05) is 13.8 Å². The molecule has 4 heteroatoms. The summed E-state index contributed by atoms with van der Waals surface area (Å²) < 4.78 is 15.6. The minimum absolute atomic E-state index is 0.259. The second-order valence-electron chi connectivity index (χ2n) is 2.53. The first kappa shape index (κ1) is 11.1. The number of hydrogen-bond acceptors (Lipinski definition) is 3. The van der Waals surface area contributed by atoms with Gasteiger partial charge >= 0.3 is 0 Å². The zero-order valence-corrected chi connectivity index (χ0v) is 10.0. The fourth-order valence-electron chi connectivity index (χ4n) is 1.10. The molecule has 0 aliphatic heterocycles. The third-order valence-corrected chi connectivity index (χ3v) is 2.64. The Balaban J connectivity index is 4.26. The topological polar surface area (TPSA) is 27.7 Å². The van der Waals surface area contributed by atoms with E-state index in [-0.39, 0.29) is 5.92 Å².